The maximum atomic E-state index is 12.5. The first-order valence-corrected chi connectivity index (χ1v) is 9.28. The monoisotopic (exact) mass is 359 g/mol. The predicted molar refractivity (Wildman–Crippen MR) is 102 cm³/mol. The lowest BCUT2D eigenvalue weighted by molar-refractivity contribution is 0.0201. The number of pyridine rings is 1. The molecule has 0 spiro atoms. The second-order valence-corrected chi connectivity index (χ2v) is 8.12. The van der Waals surface area contributed by atoms with Gasteiger partial charge >= 0.3 is 6.09 Å². The van der Waals surface area contributed by atoms with Crippen LogP contribution in [0, 0.1) is 6.92 Å². The zero-order valence-electron chi connectivity index (χ0n) is 16.4. The van der Waals surface area contributed by atoms with Gasteiger partial charge in [-0.25, -0.2) is 9.78 Å². The Morgan fingerprint density at radius 3 is 2.81 bits per heavy atom. The fraction of sp³-hybridized carbons (Fsp3) is 0.600. The van der Waals surface area contributed by atoms with Crippen molar-refractivity contribution in [3.63, 3.8) is 0 Å². The molecule has 3 heterocycles. The van der Waals surface area contributed by atoms with Crippen molar-refractivity contribution in [3.05, 3.63) is 22.9 Å². The minimum atomic E-state index is -0.500. The number of nitrogen functional groups attached to an aromatic ring is 1. The minimum absolute atomic E-state index is 0.104. The van der Waals surface area contributed by atoms with Gasteiger partial charge in [0.15, 0.2) is 0 Å². The van der Waals surface area contributed by atoms with E-state index in [-0.39, 0.29) is 12.1 Å². The number of nitrogens with zero attached hydrogens (tertiary/aromatic N) is 2. The molecule has 0 saturated heterocycles. The van der Waals surface area contributed by atoms with Gasteiger partial charge in [-0.3, -0.25) is 0 Å². The Morgan fingerprint density at radius 1 is 1.38 bits per heavy atom. The van der Waals surface area contributed by atoms with Crippen LogP contribution in [-0.2, 0) is 11.2 Å². The van der Waals surface area contributed by atoms with Crippen LogP contribution in [0.3, 0.4) is 0 Å². The average molecular weight is 359 g/mol. The van der Waals surface area contributed by atoms with Crippen molar-refractivity contribution < 1.29 is 14.3 Å². The number of nitrogens with two attached hydrogens (primary N) is 1. The van der Waals surface area contributed by atoms with Crippen LogP contribution in [0.5, 0.6) is 5.75 Å². The first kappa shape index (κ1) is 18.5. The molecule has 1 aromatic heterocycles. The Kier molecular flexibility index (Phi) is 4.86. The van der Waals surface area contributed by atoms with Gasteiger partial charge in [0, 0.05) is 30.1 Å². The van der Waals surface area contributed by atoms with Gasteiger partial charge in [0.05, 0.1) is 12.3 Å². The van der Waals surface area contributed by atoms with E-state index >= 15 is 0 Å². The van der Waals surface area contributed by atoms with Crippen molar-refractivity contribution in [1.82, 2.24) is 9.88 Å². The van der Waals surface area contributed by atoms with Crippen LogP contribution in [0.1, 0.15) is 57.4 Å². The topological polar surface area (TPSA) is 77.7 Å². The van der Waals surface area contributed by atoms with Gasteiger partial charge in [-0.05, 0) is 53.0 Å². The minimum Gasteiger partial charge on any atom is -0.491 e. The van der Waals surface area contributed by atoms with Crippen molar-refractivity contribution in [2.75, 3.05) is 18.9 Å². The normalized spacial score (nSPS) is 20.1. The number of hydrogen-bond acceptors (Lipinski definition) is 5. The number of ether oxygens (including phenoxy) is 2. The lowest BCUT2D eigenvalue weighted by Gasteiger charge is -2.30. The third-order valence-electron chi connectivity index (χ3n) is 4.94. The van der Waals surface area contributed by atoms with E-state index in [9.17, 15) is 4.79 Å². The lowest BCUT2D eigenvalue weighted by Crippen LogP contribution is -2.41. The highest BCUT2D eigenvalue weighted by Gasteiger charge is 2.29. The molecule has 0 saturated carbocycles. The van der Waals surface area contributed by atoms with Crippen LogP contribution in [0.15, 0.2) is 6.08 Å². The van der Waals surface area contributed by atoms with E-state index in [1.807, 2.05) is 27.7 Å². The molecular formula is C20H29N3O3. The van der Waals surface area contributed by atoms with E-state index in [1.165, 1.54) is 5.57 Å². The molecule has 1 atom stereocenters. The molecule has 0 bridgehead atoms. The zero-order valence-corrected chi connectivity index (χ0v) is 16.4. The summed E-state index contributed by atoms with van der Waals surface area (Å²) >= 11 is 0. The molecular weight excluding hydrogens is 330 g/mol. The molecule has 26 heavy (non-hydrogen) atoms. The number of hydrogen-bond donors (Lipinski definition) is 1. The molecule has 1 amide bonds. The SMILES string of the molecule is Cc1c(N)nc2c(c1C1=CCN(C(=O)OC(C)(C)C)C(C)CC1)OCC2. The highest BCUT2D eigenvalue weighted by molar-refractivity contribution is 5.78. The molecule has 142 valence electrons. The summed E-state index contributed by atoms with van der Waals surface area (Å²) in [6.45, 7) is 10.9. The van der Waals surface area contributed by atoms with Crippen LogP contribution in [0.2, 0.25) is 0 Å². The van der Waals surface area contributed by atoms with E-state index < -0.39 is 5.60 Å². The summed E-state index contributed by atoms with van der Waals surface area (Å²) in [5.74, 6) is 1.42. The Labute approximate surface area is 155 Å². The standard InChI is InChI=1S/C20H29N3O3/c1-12-6-7-14(8-10-23(12)19(24)26-20(3,4)5)16-13(2)18(21)22-15-9-11-25-17(15)16/h8,12H,6-7,9-11H2,1-5H3,(H2,21,22). The molecule has 2 aliphatic heterocycles. The van der Waals surface area contributed by atoms with Crippen LogP contribution < -0.4 is 10.5 Å². The summed E-state index contributed by atoms with van der Waals surface area (Å²) in [4.78, 5) is 18.8. The third-order valence-corrected chi connectivity index (χ3v) is 4.94. The van der Waals surface area contributed by atoms with Gasteiger partial charge in [0.1, 0.15) is 17.2 Å². The molecule has 6 nitrogen and oxygen atoms in total. The average Bonchev–Trinajstić information content (AvgIpc) is 2.89. The Morgan fingerprint density at radius 2 is 2.12 bits per heavy atom. The van der Waals surface area contributed by atoms with E-state index in [1.54, 1.807) is 4.90 Å². The van der Waals surface area contributed by atoms with Crippen molar-refractivity contribution in [3.8, 4) is 5.75 Å². The van der Waals surface area contributed by atoms with Crippen LogP contribution in [-0.4, -0.2) is 40.8 Å². The number of carbonyl (C=O) groups is 1. The number of fused-ring (bicyclic) bond motifs is 1. The first-order chi connectivity index (χ1) is 12.2. The largest absolute Gasteiger partial charge is 0.491 e. The van der Waals surface area contributed by atoms with E-state index in [0.717, 1.165) is 41.8 Å². The third kappa shape index (κ3) is 3.64. The fourth-order valence-electron chi connectivity index (χ4n) is 3.50. The Bertz CT molecular complexity index is 750. The molecule has 2 N–H and O–H groups in total. The number of allylic oxidation sites excluding steroid dienone is 1. The predicted octanol–water partition coefficient (Wildman–Crippen LogP) is 3.71. The summed E-state index contributed by atoms with van der Waals surface area (Å²) in [6, 6.07) is 0.104. The Hall–Kier alpha value is -2.24. The number of carbonyl (C=O) groups excluding carboxylic acids is 1. The van der Waals surface area contributed by atoms with Gasteiger partial charge in [0.2, 0.25) is 0 Å². The quantitative estimate of drug-likeness (QED) is 0.827. The van der Waals surface area contributed by atoms with Crippen molar-refractivity contribution in [2.24, 2.45) is 0 Å². The van der Waals surface area contributed by atoms with Crippen LogP contribution >= 0.6 is 0 Å². The van der Waals surface area contributed by atoms with Crippen molar-refractivity contribution in [2.45, 2.75) is 65.5 Å². The van der Waals surface area contributed by atoms with Crippen LogP contribution in [0.25, 0.3) is 5.57 Å². The van der Waals surface area contributed by atoms with Gasteiger partial charge in [-0.1, -0.05) is 6.08 Å². The fourth-order valence-corrected chi connectivity index (χ4v) is 3.50. The molecule has 0 radical (unpaired) electrons. The molecule has 1 unspecified atom stereocenters. The Balaban J connectivity index is 1.91. The number of aromatic nitrogens is 1. The van der Waals surface area contributed by atoms with Gasteiger partial charge < -0.3 is 20.1 Å². The highest BCUT2D eigenvalue weighted by Crippen LogP contribution is 2.40. The maximum absolute atomic E-state index is 12.5. The number of amides is 1. The number of rotatable bonds is 1. The molecule has 0 aliphatic carbocycles. The lowest BCUT2D eigenvalue weighted by atomic mass is 9.95. The molecule has 3 rings (SSSR count). The zero-order chi connectivity index (χ0) is 19.1. The van der Waals surface area contributed by atoms with Gasteiger partial charge in [0.25, 0.3) is 0 Å². The molecule has 1 aromatic rings. The highest BCUT2D eigenvalue weighted by atomic mass is 16.6. The summed E-state index contributed by atoms with van der Waals surface area (Å²) in [7, 11) is 0. The molecule has 0 fully saturated rings. The van der Waals surface area contributed by atoms with Crippen molar-refractivity contribution in [1.29, 1.82) is 0 Å². The molecule has 6 heteroatoms. The summed E-state index contributed by atoms with van der Waals surface area (Å²) in [5, 5.41) is 0. The number of anilines is 1. The smallest absolute Gasteiger partial charge is 0.410 e. The summed E-state index contributed by atoms with van der Waals surface area (Å²) in [5.41, 5.74) is 9.76. The maximum Gasteiger partial charge on any atom is 0.410 e. The molecule has 2 aliphatic rings. The first-order valence-electron chi connectivity index (χ1n) is 9.28. The second kappa shape index (κ2) is 6.82. The van der Waals surface area contributed by atoms with Gasteiger partial charge in [-0.15, -0.1) is 0 Å². The molecule has 0 aromatic carbocycles. The van der Waals surface area contributed by atoms with E-state index in [4.69, 9.17) is 15.2 Å². The van der Waals surface area contributed by atoms with E-state index in [0.29, 0.717) is 19.0 Å². The second-order valence-electron chi connectivity index (χ2n) is 8.12. The van der Waals surface area contributed by atoms with Gasteiger partial charge in [-0.2, -0.15) is 0 Å². The van der Waals surface area contributed by atoms with Crippen molar-refractivity contribution >= 4 is 17.5 Å². The van der Waals surface area contributed by atoms with Crippen LogP contribution in [0.4, 0.5) is 10.6 Å². The summed E-state index contributed by atoms with van der Waals surface area (Å²) < 4.78 is 11.4. The van der Waals surface area contributed by atoms with E-state index in [2.05, 4.69) is 18.0 Å². The summed E-state index contributed by atoms with van der Waals surface area (Å²) in [6.07, 6.45) is 4.36.